The lowest BCUT2D eigenvalue weighted by Gasteiger charge is -2.34. The van der Waals surface area contributed by atoms with Crippen LogP contribution in [0.4, 0.5) is 5.69 Å². The van der Waals surface area contributed by atoms with Gasteiger partial charge in [0.05, 0.1) is 15.5 Å². The van der Waals surface area contributed by atoms with Crippen molar-refractivity contribution in [2.45, 2.75) is 28.6 Å². The van der Waals surface area contributed by atoms with Gasteiger partial charge in [-0.2, -0.15) is 0 Å². The molecule has 0 atom stereocenters. The van der Waals surface area contributed by atoms with Crippen LogP contribution in [-0.4, -0.2) is 50.8 Å². The van der Waals surface area contributed by atoms with Gasteiger partial charge in [-0.05, 0) is 43.2 Å². The van der Waals surface area contributed by atoms with Crippen LogP contribution in [0.1, 0.15) is 24.6 Å². The maximum atomic E-state index is 12.3. The highest BCUT2D eigenvalue weighted by Crippen LogP contribution is 2.34. The number of piperidine rings is 1. The Bertz CT molecular complexity index is 1280. The molecule has 0 aliphatic carbocycles. The smallest absolute Gasteiger partial charge is 0.238 e. The summed E-state index contributed by atoms with van der Waals surface area (Å²) in [7, 11) is -7.63. The fourth-order valence-electron chi connectivity index (χ4n) is 3.75. The van der Waals surface area contributed by atoms with Gasteiger partial charge in [0, 0.05) is 31.5 Å². The molecule has 1 fully saturated rings. The predicted molar refractivity (Wildman–Crippen MR) is 108 cm³/mol. The van der Waals surface area contributed by atoms with E-state index in [9.17, 15) is 16.8 Å². The Labute approximate surface area is 169 Å². The summed E-state index contributed by atoms with van der Waals surface area (Å²) < 4.78 is 49.8. The maximum absolute atomic E-state index is 12.3. The molecule has 29 heavy (non-hydrogen) atoms. The lowest BCUT2D eigenvalue weighted by atomic mass is 9.95. The number of primary sulfonamides is 1. The first-order chi connectivity index (χ1) is 13.6. The molecule has 3 heterocycles. The van der Waals surface area contributed by atoms with E-state index in [4.69, 9.17) is 5.14 Å². The van der Waals surface area contributed by atoms with E-state index >= 15 is 0 Å². The summed E-state index contributed by atoms with van der Waals surface area (Å²) in [4.78, 5) is 1.71. The van der Waals surface area contributed by atoms with Gasteiger partial charge < -0.3 is 4.90 Å². The van der Waals surface area contributed by atoms with Crippen LogP contribution in [0.25, 0.3) is 5.65 Å². The molecular formula is C18H21N5O4S2. The number of nitrogens with two attached hydrogens (primary N) is 1. The van der Waals surface area contributed by atoms with Crippen LogP contribution in [0.3, 0.4) is 0 Å². The molecule has 2 aromatic heterocycles. The van der Waals surface area contributed by atoms with Crippen molar-refractivity contribution in [2.24, 2.45) is 5.14 Å². The number of sulfone groups is 1. The zero-order valence-corrected chi connectivity index (χ0v) is 17.4. The quantitative estimate of drug-likeness (QED) is 0.651. The molecule has 4 rings (SSSR count). The first-order valence-electron chi connectivity index (χ1n) is 9.06. The molecule has 0 bridgehead atoms. The number of hydrogen-bond acceptors (Lipinski definition) is 7. The Morgan fingerprint density at radius 2 is 1.76 bits per heavy atom. The van der Waals surface area contributed by atoms with Crippen molar-refractivity contribution in [3.05, 3.63) is 48.4 Å². The van der Waals surface area contributed by atoms with Crippen molar-refractivity contribution < 1.29 is 16.8 Å². The van der Waals surface area contributed by atoms with E-state index < -0.39 is 19.9 Å². The van der Waals surface area contributed by atoms with Crippen LogP contribution < -0.4 is 10.0 Å². The zero-order chi connectivity index (χ0) is 20.8. The first-order valence-corrected chi connectivity index (χ1v) is 12.5. The van der Waals surface area contributed by atoms with Crippen molar-refractivity contribution in [1.82, 2.24) is 14.6 Å². The molecule has 0 amide bonds. The van der Waals surface area contributed by atoms with E-state index in [0.717, 1.165) is 36.6 Å². The van der Waals surface area contributed by atoms with Crippen LogP contribution in [0.5, 0.6) is 0 Å². The molecule has 154 valence electrons. The molecule has 0 radical (unpaired) electrons. The third-order valence-corrected chi connectivity index (χ3v) is 7.24. The van der Waals surface area contributed by atoms with E-state index in [-0.39, 0.29) is 15.7 Å². The van der Waals surface area contributed by atoms with E-state index in [0.29, 0.717) is 18.8 Å². The minimum atomic E-state index is -3.99. The Morgan fingerprint density at radius 3 is 2.41 bits per heavy atom. The van der Waals surface area contributed by atoms with Gasteiger partial charge in [-0.25, -0.2) is 22.0 Å². The first kappa shape index (κ1) is 19.8. The van der Waals surface area contributed by atoms with Crippen LogP contribution >= 0.6 is 0 Å². The van der Waals surface area contributed by atoms with Crippen LogP contribution in [-0.2, 0) is 19.9 Å². The standard InChI is InChI=1S/C18H21N5O4S2/c1-28(24,25)16-12-14(29(19,26)27)5-6-15(16)22-10-7-13(8-11-22)18-21-20-17-4-2-3-9-23(17)18/h2-6,9,12-13H,7-8,10-11H2,1H3,(H2,19,26,27). The molecule has 0 saturated carbocycles. The summed E-state index contributed by atoms with van der Waals surface area (Å²) in [5, 5.41) is 13.7. The summed E-state index contributed by atoms with van der Waals surface area (Å²) in [6, 6.07) is 9.74. The van der Waals surface area contributed by atoms with Gasteiger partial charge in [-0.15, -0.1) is 10.2 Å². The van der Waals surface area contributed by atoms with Gasteiger partial charge in [0.15, 0.2) is 15.5 Å². The van der Waals surface area contributed by atoms with E-state index in [2.05, 4.69) is 10.2 Å². The van der Waals surface area contributed by atoms with Crippen LogP contribution in [0.15, 0.2) is 52.4 Å². The van der Waals surface area contributed by atoms with Crippen molar-refractivity contribution in [3.8, 4) is 0 Å². The highest BCUT2D eigenvalue weighted by Gasteiger charge is 2.28. The second kappa shape index (κ2) is 7.08. The maximum Gasteiger partial charge on any atom is 0.238 e. The number of sulfonamides is 1. The van der Waals surface area contributed by atoms with Gasteiger partial charge in [-0.3, -0.25) is 4.40 Å². The summed E-state index contributed by atoms with van der Waals surface area (Å²) in [6.07, 6.45) is 4.55. The largest absolute Gasteiger partial charge is 0.370 e. The highest BCUT2D eigenvalue weighted by molar-refractivity contribution is 7.91. The lowest BCUT2D eigenvalue weighted by molar-refractivity contribution is 0.481. The molecule has 9 nitrogen and oxygen atoms in total. The molecule has 2 N–H and O–H groups in total. The van der Waals surface area contributed by atoms with Crippen molar-refractivity contribution >= 4 is 31.2 Å². The Balaban J connectivity index is 1.61. The number of fused-ring (bicyclic) bond motifs is 1. The van der Waals surface area contributed by atoms with E-state index in [1.807, 2.05) is 33.7 Å². The second-order valence-electron chi connectivity index (χ2n) is 7.20. The minimum absolute atomic E-state index is 0.0320. The number of anilines is 1. The molecule has 11 heteroatoms. The second-order valence-corrected chi connectivity index (χ2v) is 10.7. The average molecular weight is 436 g/mol. The Kier molecular flexibility index (Phi) is 4.83. The summed E-state index contributed by atoms with van der Waals surface area (Å²) in [5.41, 5.74) is 1.28. The molecule has 3 aromatic rings. The van der Waals surface area contributed by atoms with Crippen molar-refractivity contribution in [3.63, 3.8) is 0 Å². The summed E-state index contributed by atoms with van der Waals surface area (Å²) in [6.45, 7) is 1.23. The SMILES string of the molecule is CS(=O)(=O)c1cc(S(N)(=O)=O)ccc1N1CCC(c2nnc3ccccn23)CC1. The number of hydrogen-bond donors (Lipinski definition) is 1. The summed E-state index contributed by atoms with van der Waals surface area (Å²) >= 11 is 0. The van der Waals surface area contributed by atoms with E-state index in [1.54, 1.807) is 0 Å². The average Bonchev–Trinajstić information content (AvgIpc) is 3.10. The number of nitrogens with zero attached hydrogens (tertiary/aromatic N) is 4. The molecule has 0 spiro atoms. The predicted octanol–water partition coefficient (Wildman–Crippen LogP) is 1.16. The fourth-order valence-corrected chi connectivity index (χ4v) is 5.28. The topological polar surface area (TPSA) is 128 Å². The monoisotopic (exact) mass is 435 g/mol. The van der Waals surface area contributed by atoms with Crippen LogP contribution in [0.2, 0.25) is 0 Å². The number of aromatic nitrogens is 3. The number of pyridine rings is 1. The fraction of sp³-hybridized carbons (Fsp3) is 0.333. The van der Waals surface area contributed by atoms with Gasteiger partial charge >= 0.3 is 0 Å². The van der Waals surface area contributed by atoms with Gasteiger partial charge in [-0.1, -0.05) is 6.07 Å². The number of benzene rings is 1. The molecular weight excluding hydrogens is 414 g/mol. The molecule has 1 aliphatic rings. The van der Waals surface area contributed by atoms with Gasteiger partial charge in [0.2, 0.25) is 10.0 Å². The minimum Gasteiger partial charge on any atom is -0.370 e. The highest BCUT2D eigenvalue weighted by atomic mass is 32.2. The molecule has 0 unspecified atom stereocenters. The Morgan fingerprint density at radius 1 is 1.03 bits per heavy atom. The van der Waals surface area contributed by atoms with Crippen molar-refractivity contribution in [1.29, 1.82) is 0 Å². The molecule has 1 aromatic carbocycles. The lowest BCUT2D eigenvalue weighted by Crippen LogP contribution is -2.34. The molecule has 1 saturated heterocycles. The van der Waals surface area contributed by atoms with Crippen molar-refractivity contribution in [2.75, 3.05) is 24.2 Å². The summed E-state index contributed by atoms with van der Waals surface area (Å²) in [5.74, 6) is 1.10. The Hall–Kier alpha value is -2.50. The number of rotatable bonds is 4. The van der Waals surface area contributed by atoms with Gasteiger partial charge in [0.25, 0.3) is 0 Å². The third-order valence-electron chi connectivity index (χ3n) is 5.20. The van der Waals surface area contributed by atoms with E-state index in [1.165, 1.54) is 12.1 Å². The van der Waals surface area contributed by atoms with Crippen LogP contribution in [0, 0.1) is 0 Å². The molecule has 1 aliphatic heterocycles. The third kappa shape index (κ3) is 3.85. The zero-order valence-electron chi connectivity index (χ0n) is 15.8. The normalized spacial score (nSPS) is 16.4. The van der Waals surface area contributed by atoms with Gasteiger partial charge in [0.1, 0.15) is 5.82 Å².